The Morgan fingerprint density at radius 2 is 2.05 bits per heavy atom. The van der Waals surface area contributed by atoms with Gasteiger partial charge in [0.2, 0.25) is 0 Å². The molecule has 0 radical (unpaired) electrons. The van der Waals surface area contributed by atoms with Gasteiger partial charge in [0, 0.05) is 17.1 Å². The minimum Gasteiger partial charge on any atom is -0.481 e. The van der Waals surface area contributed by atoms with Crippen LogP contribution in [-0.4, -0.2) is 23.5 Å². The lowest BCUT2D eigenvalue weighted by atomic mass is 10.0. The van der Waals surface area contributed by atoms with E-state index in [0.29, 0.717) is 0 Å². The van der Waals surface area contributed by atoms with Crippen molar-refractivity contribution in [2.24, 2.45) is 0 Å². The highest BCUT2D eigenvalue weighted by Gasteiger charge is 2.37. The van der Waals surface area contributed by atoms with Crippen molar-refractivity contribution in [1.82, 2.24) is 0 Å². The van der Waals surface area contributed by atoms with E-state index in [-0.39, 0.29) is 12.5 Å². The summed E-state index contributed by atoms with van der Waals surface area (Å²) in [7, 11) is 0. The quantitative estimate of drug-likeness (QED) is 0.927. The van der Waals surface area contributed by atoms with Crippen LogP contribution in [0.4, 0.5) is 5.69 Å². The Bertz CT molecular complexity index is 758. The topological polar surface area (TPSA) is 57.6 Å². The third kappa shape index (κ3) is 1.96. The molecule has 112 valence electrons. The van der Waals surface area contributed by atoms with E-state index in [1.54, 1.807) is 22.3 Å². The fourth-order valence-corrected chi connectivity index (χ4v) is 4.58. The van der Waals surface area contributed by atoms with Crippen molar-refractivity contribution < 1.29 is 14.7 Å². The monoisotopic (exact) mass is 313 g/mol. The number of aryl methyl sites for hydroxylation is 2. The summed E-state index contributed by atoms with van der Waals surface area (Å²) >= 11 is 1.56. The van der Waals surface area contributed by atoms with Gasteiger partial charge in [-0.25, -0.2) is 0 Å². The smallest absolute Gasteiger partial charge is 0.312 e. The zero-order chi connectivity index (χ0) is 15.3. The largest absolute Gasteiger partial charge is 0.481 e. The number of aliphatic carboxylic acids is 1. The first-order chi connectivity index (χ1) is 10.6. The molecular weight excluding hydrogens is 298 g/mol. The molecule has 0 saturated heterocycles. The lowest BCUT2D eigenvalue weighted by Crippen LogP contribution is -2.30. The molecule has 0 spiro atoms. The van der Waals surface area contributed by atoms with Crippen LogP contribution in [-0.2, 0) is 17.6 Å². The van der Waals surface area contributed by atoms with E-state index in [1.165, 1.54) is 16.9 Å². The van der Waals surface area contributed by atoms with Gasteiger partial charge >= 0.3 is 5.97 Å². The van der Waals surface area contributed by atoms with Crippen LogP contribution in [0.1, 0.15) is 38.0 Å². The average molecular weight is 313 g/mol. The first-order valence-electron chi connectivity index (χ1n) is 7.40. The summed E-state index contributed by atoms with van der Waals surface area (Å²) in [6, 6.07) is 9.29. The highest BCUT2D eigenvalue weighted by Crippen LogP contribution is 2.39. The van der Waals surface area contributed by atoms with E-state index in [0.717, 1.165) is 29.0 Å². The Labute approximate surface area is 132 Å². The molecule has 2 aliphatic rings. The number of hydrogen-bond acceptors (Lipinski definition) is 3. The third-order valence-corrected chi connectivity index (χ3v) is 5.69. The molecule has 5 heteroatoms. The van der Waals surface area contributed by atoms with Gasteiger partial charge in [0.1, 0.15) is 5.92 Å². The predicted molar refractivity (Wildman–Crippen MR) is 84.8 cm³/mol. The van der Waals surface area contributed by atoms with Crippen LogP contribution in [0.3, 0.4) is 0 Å². The Morgan fingerprint density at radius 1 is 1.23 bits per heavy atom. The summed E-state index contributed by atoms with van der Waals surface area (Å²) < 4.78 is 0. The SMILES string of the molecule is O=C(O)[C@H]1CN(C(=O)c2cc3c(s2)CCC3)c2ccccc21. The molecule has 1 aromatic heterocycles. The van der Waals surface area contributed by atoms with Crippen LogP contribution in [0.25, 0.3) is 0 Å². The number of thiophene rings is 1. The molecule has 1 N–H and O–H groups in total. The van der Waals surface area contributed by atoms with Gasteiger partial charge in [-0.2, -0.15) is 0 Å². The van der Waals surface area contributed by atoms with Gasteiger partial charge in [0.25, 0.3) is 5.91 Å². The number of rotatable bonds is 2. The van der Waals surface area contributed by atoms with E-state index in [2.05, 4.69) is 0 Å². The van der Waals surface area contributed by atoms with Crippen molar-refractivity contribution in [1.29, 1.82) is 0 Å². The van der Waals surface area contributed by atoms with Gasteiger partial charge in [-0.05, 0) is 42.5 Å². The first kappa shape index (κ1) is 13.5. The number of hydrogen-bond donors (Lipinski definition) is 1. The molecule has 0 fully saturated rings. The molecule has 22 heavy (non-hydrogen) atoms. The molecule has 4 nitrogen and oxygen atoms in total. The average Bonchev–Trinajstić information content (AvgIpc) is 3.18. The highest BCUT2D eigenvalue weighted by molar-refractivity contribution is 7.14. The van der Waals surface area contributed by atoms with Crippen LogP contribution >= 0.6 is 11.3 Å². The zero-order valence-electron chi connectivity index (χ0n) is 11.9. The van der Waals surface area contributed by atoms with Crippen LogP contribution in [0.2, 0.25) is 0 Å². The molecule has 2 heterocycles. The van der Waals surface area contributed by atoms with Gasteiger partial charge in [0.15, 0.2) is 0 Å². The molecule has 1 aliphatic carbocycles. The second-order valence-electron chi connectivity index (χ2n) is 5.78. The standard InChI is InChI=1S/C17H15NO3S/c19-16(15-8-10-4-3-7-14(10)22-15)18-9-12(17(20)21)11-5-1-2-6-13(11)18/h1-2,5-6,8,12H,3-4,7,9H2,(H,20,21)/t12-/m0/s1. The normalized spacial score (nSPS) is 19.1. The number of carboxylic acid groups (broad SMARTS) is 1. The van der Waals surface area contributed by atoms with Crippen molar-refractivity contribution in [2.75, 3.05) is 11.4 Å². The Balaban J connectivity index is 1.70. The summed E-state index contributed by atoms with van der Waals surface area (Å²) in [5.41, 5.74) is 2.75. The molecule has 1 amide bonds. The third-order valence-electron chi connectivity index (χ3n) is 4.47. The first-order valence-corrected chi connectivity index (χ1v) is 8.22. The maximum Gasteiger partial charge on any atom is 0.312 e. The molecule has 0 bridgehead atoms. The van der Waals surface area contributed by atoms with Crippen molar-refractivity contribution in [3.05, 3.63) is 51.2 Å². The Kier molecular flexibility index (Phi) is 3.04. The maximum atomic E-state index is 12.8. The van der Waals surface area contributed by atoms with Crippen molar-refractivity contribution in [3.8, 4) is 0 Å². The van der Waals surface area contributed by atoms with Crippen LogP contribution in [0, 0.1) is 0 Å². The second kappa shape index (κ2) is 4.95. The van der Waals surface area contributed by atoms with Gasteiger partial charge < -0.3 is 10.0 Å². The summed E-state index contributed by atoms with van der Waals surface area (Å²) in [5.74, 6) is -1.58. The van der Waals surface area contributed by atoms with E-state index in [9.17, 15) is 14.7 Å². The summed E-state index contributed by atoms with van der Waals surface area (Å²) in [5, 5.41) is 9.39. The fraction of sp³-hybridized carbons (Fsp3) is 0.294. The lowest BCUT2D eigenvalue weighted by Gasteiger charge is -2.16. The van der Waals surface area contributed by atoms with Crippen LogP contribution < -0.4 is 4.90 Å². The molecule has 0 unspecified atom stereocenters. The number of carbonyl (C=O) groups is 2. The van der Waals surface area contributed by atoms with E-state index in [1.807, 2.05) is 24.3 Å². The molecule has 1 aromatic carbocycles. The van der Waals surface area contributed by atoms with Gasteiger partial charge in [0.05, 0.1) is 4.88 Å². The van der Waals surface area contributed by atoms with E-state index < -0.39 is 11.9 Å². The van der Waals surface area contributed by atoms with E-state index >= 15 is 0 Å². The fourth-order valence-electron chi connectivity index (χ4n) is 3.38. The highest BCUT2D eigenvalue weighted by atomic mass is 32.1. The van der Waals surface area contributed by atoms with Crippen molar-refractivity contribution in [3.63, 3.8) is 0 Å². The number of amides is 1. The molecular formula is C17H15NO3S. The van der Waals surface area contributed by atoms with Crippen LogP contribution in [0.5, 0.6) is 0 Å². The number of carboxylic acids is 1. The Morgan fingerprint density at radius 3 is 2.82 bits per heavy atom. The number of para-hydroxylation sites is 1. The Hall–Kier alpha value is -2.14. The number of nitrogens with zero attached hydrogens (tertiary/aromatic N) is 1. The second-order valence-corrected chi connectivity index (χ2v) is 6.91. The molecule has 0 saturated carbocycles. The minimum atomic E-state index is -0.878. The van der Waals surface area contributed by atoms with Crippen molar-refractivity contribution >= 4 is 28.9 Å². The molecule has 1 aliphatic heterocycles. The minimum absolute atomic E-state index is 0.0735. The van der Waals surface area contributed by atoms with Gasteiger partial charge in [-0.3, -0.25) is 9.59 Å². The number of carbonyl (C=O) groups excluding carboxylic acids is 1. The number of fused-ring (bicyclic) bond motifs is 2. The van der Waals surface area contributed by atoms with Crippen LogP contribution in [0.15, 0.2) is 30.3 Å². The molecule has 1 atom stereocenters. The zero-order valence-corrected chi connectivity index (χ0v) is 12.7. The van der Waals surface area contributed by atoms with Crippen molar-refractivity contribution in [2.45, 2.75) is 25.2 Å². The summed E-state index contributed by atoms with van der Waals surface area (Å²) in [6.45, 7) is 0.218. The summed E-state index contributed by atoms with van der Waals surface area (Å²) in [4.78, 5) is 27.9. The van der Waals surface area contributed by atoms with Gasteiger partial charge in [-0.15, -0.1) is 11.3 Å². The lowest BCUT2D eigenvalue weighted by molar-refractivity contribution is -0.138. The van der Waals surface area contributed by atoms with E-state index in [4.69, 9.17) is 0 Å². The van der Waals surface area contributed by atoms with Gasteiger partial charge in [-0.1, -0.05) is 18.2 Å². The maximum absolute atomic E-state index is 12.8. The molecule has 4 rings (SSSR count). The number of anilines is 1. The predicted octanol–water partition coefficient (Wildman–Crippen LogP) is 3.07. The number of benzene rings is 1. The molecule has 2 aromatic rings. The summed E-state index contributed by atoms with van der Waals surface area (Å²) in [6.07, 6.45) is 3.28.